The number of carbonyl (C=O) groups is 1. The lowest BCUT2D eigenvalue weighted by atomic mass is 10.1. The van der Waals surface area contributed by atoms with Gasteiger partial charge in [0, 0.05) is 23.2 Å². The van der Waals surface area contributed by atoms with E-state index in [0.717, 1.165) is 5.56 Å². The maximum absolute atomic E-state index is 13.1. The van der Waals surface area contributed by atoms with Gasteiger partial charge in [0.2, 0.25) is 0 Å². The Hall–Kier alpha value is -2.28. The largest absolute Gasteiger partial charge is 0.486 e. The summed E-state index contributed by atoms with van der Waals surface area (Å²) in [6.45, 7) is 1.39. The summed E-state index contributed by atoms with van der Waals surface area (Å²) in [5, 5.41) is 5.49. The van der Waals surface area contributed by atoms with Gasteiger partial charge in [-0.05, 0) is 40.0 Å². The van der Waals surface area contributed by atoms with Gasteiger partial charge in [0.1, 0.15) is 19.0 Å². The molecule has 0 aliphatic carbocycles. The fraction of sp³-hybridized carbons (Fsp3) is 0.235. The average Bonchev–Trinajstić information content (AvgIpc) is 2.55. The Balaban J connectivity index is 1.55. The lowest BCUT2D eigenvalue weighted by molar-refractivity contribution is 0.171. The summed E-state index contributed by atoms with van der Waals surface area (Å²) in [6, 6.07) is 9.45. The van der Waals surface area contributed by atoms with Crippen LogP contribution in [0.2, 0.25) is 0 Å². The maximum atomic E-state index is 13.1. The number of nitrogens with one attached hydrogen (secondary N) is 2. The van der Waals surface area contributed by atoms with Crippen molar-refractivity contribution in [1.29, 1.82) is 0 Å². The highest BCUT2D eigenvalue weighted by Gasteiger charge is 2.16. The summed E-state index contributed by atoms with van der Waals surface area (Å²) in [5.74, 6) is 0.960. The van der Waals surface area contributed by atoms with Gasteiger partial charge in [0.25, 0.3) is 0 Å². The predicted octanol–water partition coefficient (Wildman–Crippen LogP) is 3.72. The Kier molecular flexibility index (Phi) is 5.20. The van der Waals surface area contributed by atoms with Crippen LogP contribution >= 0.6 is 15.9 Å². The maximum Gasteiger partial charge on any atom is 0.319 e. The number of ether oxygens (including phenoxy) is 2. The van der Waals surface area contributed by atoms with E-state index in [1.54, 1.807) is 18.2 Å². The summed E-state index contributed by atoms with van der Waals surface area (Å²) in [7, 11) is 0. The molecule has 1 aliphatic rings. The molecule has 2 N–H and O–H groups in total. The van der Waals surface area contributed by atoms with Gasteiger partial charge in [-0.3, -0.25) is 0 Å². The first kappa shape index (κ1) is 16.6. The van der Waals surface area contributed by atoms with E-state index in [9.17, 15) is 9.18 Å². The molecule has 7 heteroatoms. The van der Waals surface area contributed by atoms with Crippen molar-refractivity contribution in [3.63, 3.8) is 0 Å². The van der Waals surface area contributed by atoms with Gasteiger partial charge in [0.15, 0.2) is 11.5 Å². The van der Waals surface area contributed by atoms with Crippen LogP contribution in [0.5, 0.6) is 11.5 Å². The number of anilines is 1. The van der Waals surface area contributed by atoms with E-state index in [2.05, 4.69) is 26.6 Å². The second kappa shape index (κ2) is 7.53. The zero-order valence-electron chi connectivity index (χ0n) is 12.8. The van der Waals surface area contributed by atoms with Crippen LogP contribution in [0.15, 0.2) is 40.9 Å². The molecule has 0 atom stereocenters. The van der Waals surface area contributed by atoms with Gasteiger partial charge >= 0.3 is 6.03 Å². The molecule has 5 nitrogen and oxygen atoms in total. The molecule has 1 heterocycles. The highest BCUT2D eigenvalue weighted by molar-refractivity contribution is 9.10. The van der Waals surface area contributed by atoms with E-state index in [-0.39, 0.29) is 11.8 Å². The third kappa shape index (κ3) is 4.17. The van der Waals surface area contributed by atoms with Crippen LogP contribution in [0.1, 0.15) is 5.56 Å². The molecule has 24 heavy (non-hydrogen) atoms. The molecule has 0 unspecified atom stereocenters. The van der Waals surface area contributed by atoms with E-state index in [0.29, 0.717) is 47.8 Å². The van der Waals surface area contributed by atoms with Gasteiger partial charge in [-0.1, -0.05) is 12.1 Å². The molecule has 2 aromatic rings. The molecular formula is C17H16BrFN2O3. The van der Waals surface area contributed by atoms with Crippen molar-refractivity contribution in [2.75, 3.05) is 25.1 Å². The van der Waals surface area contributed by atoms with Crippen LogP contribution < -0.4 is 20.1 Å². The summed E-state index contributed by atoms with van der Waals surface area (Å²) >= 11 is 3.40. The molecule has 2 amide bonds. The Bertz CT molecular complexity index is 755. The number of urea groups is 1. The highest BCUT2D eigenvalue weighted by Crippen LogP contribution is 2.38. The van der Waals surface area contributed by atoms with Crippen LogP contribution in [-0.2, 0) is 6.42 Å². The van der Waals surface area contributed by atoms with E-state index in [4.69, 9.17) is 9.47 Å². The van der Waals surface area contributed by atoms with E-state index < -0.39 is 0 Å². The first-order valence-electron chi connectivity index (χ1n) is 7.50. The minimum Gasteiger partial charge on any atom is -0.486 e. The van der Waals surface area contributed by atoms with Gasteiger partial charge < -0.3 is 20.1 Å². The van der Waals surface area contributed by atoms with Crippen molar-refractivity contribution >= 4 is 27.6 Å². The average molecular weight is 395 g/mol. The molecule has 0 bridgehead atoms. The Labute approximate surface area is 147 Å². The van der Waals surface area contributed by atoms with Gasteiger partial charge in [0.05, 0.1) is 5.69 Å². The third-order valence-electron chi connectivity index (χ3n) is 3.47. The number of halogens is 2. The van der Waals surface area contributed by atoms with Crippen LogP contribution in [0.4, 0.5) is 14.9 Å². The number of hydrogen-bond donors (Lipinski definition) is 2. The summed E-state index contributed by atoms with van der Waals surface area (Å²) in [6.07, 6.45) is 0.549. The summed E-state index contributed by atoms with van der Waals surface area (Å²) in [5.41, 5.74) is 1.42. The first-order chi connectivity index (χ1) is 11.6. The van der Waals surface area contributed by atoms with Crippen molar-refractivity contribution in [2.24, 2.45) is 0 Å². The molecule has 0 radical (unpaired) electrons. The predicted molar refractivity (Wildman–Crippen MR) is 92.3 cm³/mol. The molecule has 0 saturated heterocycles. The van der Waals surface area contributed by atoms with E-state index in [1.807, 2.05) is 6.07 Å². The number of hydrogen-bond acceptors (Lipinski definition) is 3. The lowest BCUT2D eigenvalue weighted by Crippen LogP contribution is -2.30. The molecule has 0 aromatic heterocycles. The fourth-order valence-electron chi connectivity index (χ4n) is 2.34. The fourth-order valence-corrected chi connectivity index (χ4v) is 2.76. The number of carbonyl (C=O) groups excluding carboxylic acids is 1. The van der Waals surface area contributed by atoms with Gasteiger partial charge in [-0.2, -0.15) is 0 Å². The number of benzene rings is 2. The van der Waals surface area contributed by atoms with Crippen molar-refractivity contribution in [2.45, 2.75) is 6.42 Å². The Morgan fingerprint density at radius 2 is 1.92 bits per heavy atom. The zero-order chi connectivity index (χ0) is 16.9. The van der Waals surface area contributed by atoms with Crippen molar-refractivity contribution in [1.82, 2.24) is 5.32 Å². The Morgan fingerprint density at radius 1 is 1.17 bits per heavy atom. The Morgan fingerprint density at radius 3 is 2.67 bits per heavy atom. The normalized spacial score (nSPS) is 12.6. The molecular weight excluding hydrogens is 379 g/mol. The quantitative estimate of drug-likeness (QED) is 0.830. The number of fused-ring (bicyclic) bond motifs is 1. The third-order valence-corrected chi connectivity index (χ3v) is 4.12. The van der Waals surface area contributed by atoms with E-state index >= 15 is 0 Å². The molecule has 0 fully saturated rings. The van der Waals surface area contributed by atoms with E-state index in [1.165, 1.54) is 12.1 Å². The van der Waals surface area contributed by atoms with Crippen molar-refractivity contribution in [3.05, 3.63) is 52.3 Å². The molecule has 2 aromatic carbocycles. The first-order valence-corrected chi connectivity index (χ1v) is 8.29. The van der Waals surface area contributed by atoms with Crippen LogP contribution in [-0.4, -0.2) is 25.8 Å². The van der Waals surface area contributed by atoms with Crippen LogP contribution in [0, 0.1) is 5.82 Å². The SMILES string of the molecule is O=C(NCCc1cccc(F)c1)Nc1cc2c(cc1Br)OCCO2. The standard InChI is InChI=1S/C17H16BrFN2O3/c18-13-9-15-16(24-7-6-23-15)10-14(13)21-17(22)20-5-4-11-2-1-3-12(19)8-11/h1-3,8-10H,4-7H2,(H2,20,21,22). The molecule has 1 aliphatic heterocycles. The smallest absolute Gasteiger partial charge is 0.319 e. The lowest BCUT2D eigenvalue weighted by Gasteiger charge is -2.20. The molecule has 3 rings (SSSR count). The molecule has 0 spiro atoms. The van der Waals surface area contributed by atoms with Crippen LogP contribution in [0.3, 0.4) is 0 Å². The van der Waals surface area contributed by atoms with Gasteiger partial charge in [-0.25, -0.2) is 9.18 Å². The number of rotatable bonds is 4. The monoisotopic (exact) mass is 394 g/mol. The summed E-state index contributed by atoms with van der Waals surface area (Å²) in [4.78, 5) is 12.0. The second-order valence-electron chi connectivity index (χ2n) is 5.24. The molecule has 126 valence electrons. The van der Waals surface area contributed by atoms with Crippen LogP contribution in [0.25, 0.3) is 0 Å². The minimum absolute atomic E-state index is 0.280. The minimum atomic E-state index is -0.344. The molecule has 0 saturated carbocycles. The van der Waals surface area contributed by atoms with Crippen molar-refractivity contribution in [3.8, 4) is 11.5 Å². The number of amides is 2. The van der Waals surface area contributed by atoms with Gasteiger partial charge in [-0.15, -0.1) is 0 Å². The summed E-state index contributed by atoms with van der Waals surface area (Å²) < 4.78 is 24.8. The van der Waals surface area contributed by atoms with Crippen molar-refractivity contribution < 1.29 is 18.7 Å². The highest BCUT2D eigenvalue weighted by atomic mass is 79.9. The zero-order valence-corrected chi connectivity index (χ0v) is 14.4. The topological polar surface area (TPSA) is 59.6 Å². The second-order valence-corrected chi connectivity index (χ2v) is 6.09.